The summed E-state index contributed by atoms with van der Waals surface area (Å²) >= 11 is 0. The van der Waals surface area contributed by atoms with E-state index in [4.69, 9.17) is 9.47 Å². The van der Waals surface area contributed by atoms with Crippen molar-refractivity contribution in [3.63, 3.8) is 0 Å². The van der Waals surface area contributed by atoms with Gasteiger partial charge in [-0.3, -0.25) is 0 Å². The van der Waals surface area contributed by atoms with Crippen LogP contribution in [0.25, 0.3) is 0 Å². The molecule has 0 amide bonds. The molecule has 1 N–H and O–H groups in total. The number of piperidine rings is 1. The van der Waals surface area contributed by atoms with Crippen molar-refractivity contribution in [2.75, 3.05) is 26.3 Å². The van der Waals surface area contributed by atoms with Gasteiger partial charge in [0.05, 0.1) is 6.61 Å². The maximum Gasteiger partial charge on any atom is 0.422 e. The second-order valence-electron chi connectivity index (χ2n) is 4.85. The number of hydrogen-bond acceptors (Lipinski definition) is 3. The van der Waals surface area contributed by atoms with E-state index in [-0.39, 0.29) is 5.75 Å². The predicted molar refractivity (Wildman–Crippen MR) is 69.1 cm³/mol. The Kier molecular flexibility index (Phi) is 5.11. The third-order valence-electron chi connectivity index (χ3n) is 3.17. The zero-order valence-electron chi connectivity index (χ0n) is 11.1. The van der Waals surface area contributed by atoms with Crippen molar-refractivity contribution in [3.8, 4) is 11.5 Å². The van der Waals surface area contributed by atoms with Crippen molar-refractivity contribution in [2.24, 2.45) is 5.92 Å². The van der Waals surface area contributed by atoms with Crippen LogP contribution in [-0.4, -0.2) is 32.5 Å². The van der Waals surface area contributed by atoms with E-state index in [0.717, 1.165) is 25.9 Å². The van der Waals surface area contributed by atoms with Crippen LogP contribution in [0.5, 0.6) is 11.5 Å². The number of ether oxygens (including phenoxy) is 2. The Morgan fingerprint density at radius 2 is 1.65 bits per heavy atom. The molecule has 0 unspecified atom stereocenters. The standard InChI is InChI=1S/C14H18F3NO2/c15-14(16,17)10-20-13-4-2-1-3-12(13)19-9-11-5-7-18-8-6-11/h1-4,11,18H,5-10H2. The molecule has 0 bridgehead atoms. The summed E-state index contributed by atoms with van der Waals surface area (Å²) in [6.07, 6.45) is -2.31. The molecule has 1 aromatic carbocycles. The largest absolute Gasteiger partial charge is 0.489 e. The van der Waals surface area contributed by atoms with Gasteiger partial charge in [-0.2, -0.15) is 13.2 Å². The molecule has 1 heterocycles. The van der Waals surface area contributed by atoms with Crippen LogP contribution in [0.2, 0.25) is 0 Å². The molecular weight excluding hydrogens is 271 g/mol. The molecule has 0 aromatic heterocycles. The summed E-state index contributed by atoms with van der Waals surface area (Å²) in [6.45, 7) is 1.12. The fourth-order valence-corrected chi connectivity index (χ4v) is 2.10. The van der Waals surface area contributed by atoms with E-state index in [1.54, 1.807) is 18.2 Å². The average Bonchev–Trinajstić information content (AvgIpc) is 2.44. The van der Waals surface area contributed by atoms with E-state index < -0.39 is 12.8 Å². The lowest BCUT2D eigenvalue weighted by Crippen LogP contribution is -2.30. The quantitative estimate of drug-likeness (QED) is 0.904. The third kappa shape index (κ3) is 4.92. The van der Waals surface area contributed by atoms with Crippen LogP contribution >= 0.6 is 0 Å². The summed E-state index contributed by atoms with van der Waals surface area (Å²) < 4.78 is 46.9. The van der Waals surface area contributed by atoms with Gasteiger partial charge >= 0.3 is 6.18 Å². The van der Waals surface area contributed by atoms with E-state index in [0.29, 0.717) is 18.3 Å². The number of benzene rings is 1. The number of nitrogens with one attached hydrogen (secondary N) is 1. The summed E-state index contributed by atoms with van der Waals surface area (Å²) in [4.78, 5) is 0. The first-order valence-corrected chi connectivity index (χ1v) is 6.67. The average molecular weight is 289 g/mol. The number of alkyl halides is 3. The predicted octanol–water partition coefficient (Wildman–Crippen LogP) is 3.01. The zero-order chi connectivity index (χ0) is 14.4. The molecule has 1 fully saturated rings. The van der Waals surface area contributed by atoms with Gasteiger partial charge in [0.1, 0.15) is 0 Å². The van der Waals surface area contributed by atoms with Crippen LogP contribution in [0.3, 0.4) is 0 Å². The van der Waals surface area contributed by atoms with Crippen molar-refractivity contribution in [3.05, 3.63) is 24.3 Å². The molecule has 1 aliphatic heterocycles. The van der Waals surface area contributed by atoms with Gasteiger partial charge in [-0.05, 0) is 44.0 Å². The highest BCUT2D eigenvalue weighted by molar-refractivity contribution is 5.39. The number of rotatable bonds is 5. The number of halogens is 3. The van der Waals surface area contributed by atoms with E-state index in [1.165, 1.54) is 6.07 Å². The van der Waals surface area contributed by atoms with Gasteiger partial charge in [0, 0.05) is 0 Å². The number of hydrogen-bond donors (Lipinski definition) is 1. The lowest BCUT2D eigenvalue weighted by molar-refractivity contribution is -0.153. The Bertz CT molecular complexity index is 417. The van der Waals surface area contributed by atoms with Crippen LogP contribution in [0, 0.1) is 5.92 Å². The lowest BCUT2D eigenvalue weighted by Gasteiger charge is -2.23. The minimum Gasteiger partial charge on any atom is -0.489 e. The Morgan fingerprint density at radius 3 is 2.25 bits per heavy atom. The van der Waals surface area contributed by atoms with Crippen LogP contribution in [0.4, 0.5) is 13.2 Å². The minimum absolute atomic E-state index is 0.138. The molecule has 1 aliphatic rings. The van der Waals surface area contributed by atoms with Gasteiger partial charge in [-0.1, -0.05) is 12.1 Å². The van der Waals surface area contributed by atoms with Crippen molar-refractivity contribution < 1.29 is 22.6 Å². The van der Waals surface area contributed by atoms with Crippen LogP contribution in [-0.2, 0) is 0 Å². The van der Waals surface area contributed by atoms with Gasteiger partial charge in [0.25, 0.3) is 0 Å². The molecule has 0 spiro atoms. The normalized spacial score (nSPS) is 16.9. The highest BCUT2D eigenvalue weighted by Crippen LogP contribution is 2.29. The van der Waals surface area contributed by atoms with Crippen LogP contribution < -0.4 is 14.8 Å². The summed E-state index contributed by atoms with van der Waals surface area (Å²) in [5, 5.41) is 3.26. The fourth-order valence-electron chi connectivity index (χ4n) is 2.10. The highest BCUT2D eigenvalue weighted by Gasteiger charge is 2.29. The highest BCUT2D eigenvalue weighted by atomic mass is 19.4. The molecule has 1 saturated heterocycles. The van der Waals surface area contributed by atoms with Crippen molar-refractivity contribution in [1.29, 1.82) is 0 Å². The Hall–Kier alpha value is -1.43. The second-order valence-corrected chi connectivity index (χ2v) is 4.85. The lowest BCUT2D eigenvalue weighted by atomic mass is 9.99. The fraction of sp³-hybridized carbons (Fsp3) is 0.571. The van der Waals surface area contributed by atoms with E-state index >= 15 is 0 Å². The van der Waals surface area contributed by atoms with Gasteiger partial charge in [0.15, 0.2) is 18.1 Å². The molecule has 20 heavy (non-hydrogen) atoms. The Labute approximate surface area is 116 Å². The van der Waals surface area contributed by atoms with Crippen molar-refractivity contribution in [2.45, 2.75) is 19.0 Å². The monoisotopic (exact) mass is 289 g/mol. The van der Waals surface area contributed by atoms with Gasteiger partial charge in [-0.15, -0.1) is 0 Å². The zero-order valence-corrected chi connectivity index (χ0v) is 11.1. The Morgan fingerprint density at radius 1 is 1.05 bits per heavy atom. The van der Waals surface area contributed by atoms with Crippen molar-refractivity contribution >= 4 is 0 Å². The molecule has 2 rings (SSSR count). The third-order valence-corrected chi connectivity index (χ3v) is 3.17. The molecule has 3 nitrogen and oxygen atoms in total. The van der Waals surface area contributed by atoms with Crippen LogP contribution in [0.1, 0.15) is 12.8 Å². The first-order chi connectivity index (χ1) is 9.54. The first kappa shape index (κ1) is 15.0. The van der Waals surface area contributed by atoms with Gasteiger partial charge in [0.2, 0.25) is 0 Å². The molecule has 112 valence electrons. The first-order valence-electron chi connectivity index (χ1n) is 6.67. The van der Waals surface area contributed by atoms with E-state index in [2.05, 4.69) is 5.32 Å². The maximum atomic E-state index is 12.2. The van der Waals surface area contributed by atoms with Crippen LogP contribution in [0.15, 0.2) is 24.3 Å². The summed E-state index contributed by atoms with van der Waals surface area (Å²) in [6, 6.07) is 6.47. The summed E-state index contributed by atoms with van der Waals surface area (Å²) in [7, 11) is 0. The van der Waals surface area contributed by atoms with E-state index in [9.17, 15) is 13.2 Å². The van der Waals surface area contributed by atoms with E-state index in [1.807, 2.05) is 0 Å². The SMILES string of the molecule is FC(F)(F)COc1ccccc1OCC1CCNCC1. The Balaban J connectivity index is 1.89. The molecule has 0 atom stereocenters. The number of para-hydroxylation sites is 2. The molecule has 0 aliphatic carbocycles. The molecule has 0 radical (unpaired) electrons. The molecular formula is C14H18F3NO2. The summed E-state index contributed by atoms with van der Waals surface area (Å²) in [5.74, 6) is 0.945. The van der Waals surface area contributed by atoms with Crippen molar-refractivity contribution in [1.82, 2.24) is 5.32 Å². The maximum absolute atomic E-state index is 12.2. The topological polar surface area (TPSA) is 30.5 Å². The summed E-state index contributed by atoms with van der Waals surface area (Å²) in [5.41, 5.74) is 0. The van der Waals surface area contributed by atoms with Gasteiger partial charge in [-0.25, -0.2) is 0 Å². The molecule has 1 aromatic rings. The second kappa shape index (κ2) is 6.83. The molecule has 6 heteroatoms. The van der Waals surface area contributed by atoms with Gasteiger partial charge < -0.3 is 14.8 Å². The minimum atomic E-state index is -4.35. The molecule has 0 saturated carbocycles. The smallest absolute Gasteiger partial charge is 0.422 e.